The number of benzene rings is 3. The van der Waals surface area contributed by atoms with Crippen LogP contribution in [-0.2, 0) is 0 Å². The molecule has 1 heterocycles. The molecule has 142 valence electrons. The third-order valence-corrected chi connectivity index (χ3v) is 4.43. The fraction of sp³-hybridized carbons (Fsp3) is 0.0417. The van der Waals surface area contributed by atoms with Gasteiger partial charge in [0, 0.05) is 17.2 Å². The minimum Gasteiger partial charge on any atom is -0.261 e. The summed E-state index contributed by atoms with van der Waals surface area (Å²) in [6.07, 6.45) is 0. The third-order valence-electron chi connectivity index (χ3n) is 4.43. The summed E-state index contributed by atoms with van der Waals surface area (Å²) in [6, 6.07) is 27.8. The Morgan fingerprint density at radius 3 is 2.07 bits per heavy atom. The summed E-state index contributed by atoms with van der Waals surface area (Å²) in [5.41, 5.74) is 7.30. The molecule has 0 aliphatic carbocycles. The molecule has 0 bridgehead atoms. The van der Waals surface area contributed by atoms with E-state index in [1.807, 2.05) is 73.7 Å². The van der Waals surface area contributed by atoms with Crippen molar-refractivity contribution in [1.29, 1.82) is 0 Å². The Labute approximate surface area is 168 Å². The molecule has 4 aromatic rings. The van der Waals surface area contributed by atoms with Crippen LogP contribution in [0.2, 0.25) is 0 Å². The lowest BCUT2D eigenvalue weighted by Gasteiger charge is -2.09. The maximum absolute atomic E-state index is 13.1. The van der Waals surface area contributed by atoms with Crippen LogP contribution in [0.1, 0.15) is 12.5 Å². The lowest BCUT2D eigenvalue weighted by molar-refractivity contribution is 0.628. The molecule has 0 saturated carbocycles. The van der Waals surface area contributed by atoms with Crippen molar-refractivity contribution in [3.8, 4) is 22.6 Å². The molecule has 1 aromatic heterocycles. The van der Waals surface area contributed by atoms with Gasteiger partial charge in [-0.1, -0.05) is 72.8 Å². The van der Waals surface area contributed by atoms with Gasteiger partial charge in [-0.15, -0.1) is 0 Å². The zero-order valence-electron chi connectivity index (χ0n) is 15.9. The smallest absolute Gasteiger partial charge is 0.162 e. The number of halogens is 1. The molecular formula is C24H19FN4. The second-order valence-corrected chi connectivity index (χ2v) is 6.51. The van der Waals surface area contributed by atoms with Crippen LogP contribution in [0, 0.1) is 5.82 Å². The molecule has 4 nitrogen and oxygen atoms in total. The normalized spacial score (nSPS) is 11.3. The van der Waals surface area contributed by atoms with Gasteiger partial charge in [0.05, 0.1) is 11.4 Å². The van der Waals surface area contributed by atoms with Crippen molar-refractivity contribution in [2.45, 2.75) is 6.92 Å². The standard InChI is InChI=1S/C24H19FN4/c1-17(18-12-14-21(25)15-13-18)28-29-23-16-22(19-8-4-2-5-9-19)26-24(27-23)20-10-6-3-7-11-20/h2-16H,1H3,(H,26,27,29). The molecule has 29 heavy (non-hydrogen) atoms. The summed E-state index contributed by atoms with van der Waals surface area (Å²) in [4.78, 5) is 9.35. The molecular weight excluding hydrogens is 363 g/mol. The van der Waals surface area contributed by atoms with Crippen molar-refractivity contribution < 1.29 is 4.39 Å². The molecule has 3 aromatic carbocycles. The first kappa shape index (κ1) is 18.5. The van der Waals surface area contributed by atoms with E-state index < -0.39 is 0 Å². The monoisotopic (exact) mass is 382 g/mol. The summed E-state index contributed by atoms with van der Waals surface area (Å²) in [7, 11) is 0. The minimum absolute atomic E-state index is 0.273. The van der Waals surface area contributed by atoms with E-state index in [2.05, 4.69) is 15.5 Å². The fourth-order valence-corrected chi connectivity index (χ4v) is 2.87. The Morgan fingerprint density at radius 1 is 0.793 bits per heavy atom. The number of aromatic nitrogens is 2. The number of hydrazone groups is 1. The van der Waals surface area contributed by atoms with Crippen molar-refractivity contribution in [3.05, 3.63) is 102 Å². The molecule has 0 fully saturated rings. The van der Waals surface area contributed by atoms with Gasteiger partial charge in [-0.25, -0.2) is 14.4 Å². The van der Waals surface area contributed by atoms with Crippen molar-refractivity contribution >= 4 is 11.5 Å². The van der Waals surface area contributed by atoms with Crippen molar-refractivity contribution in [2.75, 3.05) is 5.43 Å². The second-order valence-electron chi connectivity index (χ2n) is 6.51. The van der Waals surface area contributed by atoms with Gasteiger partial charge >= 0.3 is 0 Å². The van der Waals surface area contributed by atoms with Gasteiger partial charge in [0.15, 0.2) is 11.6 Å². The van der Waals surface area contributed by atoms with Crippen molar-refractivity contribution in [3.63, 3.8) is 0 Å². The molecule has 4 rings (SSSR count). The molecule has 5 heteroatoms. The van der Waals surface area contributed by atoms with Gasteiger partial charge in [-0.3, -0.25) is 5.43 Å². The predicted molar refractivity (Wildman–Crippen MR) is 115 cm³/mol. The van der Waals surface area contributed by atoms with E-state index in [-0.39, 0.29) is 5.82 Å². The predicted octanol–water partition coefficient (Wildman–Crippen LogP) is 5.79. The molecule has 0 atom stereocenters. The topological polar surface area (TPSA) is 50.2 Å². The fourth-order valence-electron chi connectivity index (χ4n) is 2.87. The van der Waals surface area contributed by atoms with E-state index in [0.717, 1.165) is 28.1 Å². The number of nitrogens with zero attached hydrogens (tertiary/aromatic N) is 3. The molecule has 0 aliphatic rings. The Bertz CT molecular complexity index is 1070. The van der Waals surface area contributed by atoms with Gasteiger partial charge < -0.3 is 0 Å². The maximum atomic E-state index is 13.1. The van der Waals surface area contributed by atoms with Crippen LogP contribution in [0.3, 0.4) is 0 Å². The zero-order chi connectivity index (χ0) is 20.1. The molecule has 0 spiro atoms. The SMILES string of the molecule is CC(=NNc1cc(-c2ccccc2)nc(-c2ccccc2)n1)c1ccc(F)cc1. The minimum atomic E-state index is -0.273. The first-order valence-electron chi connectivity index (χ1n) is 9.25. The van der Waals surface area contributed by atoms with Gasteiger partial charge in [-0.05, 0) is 24.6 Å². The molecule has 0 amide bonds. The highest BCUT2D eigenvalue weighted by molar-refractivity contribution is 5.99. The summed E-state index contributed by atoms with van der Waals surface area (Å²) in [5, 5.41) is 4.42. The third kappa shape index (κ3) is 4.52. The maximum Gasteiger partial charge on any atom is 0.162 e. The van der Waals surface area contributed by atoms with Crippen LogP contribution in [0.15, 0.2) is 96.1 Å². The Kier molecular flexibility index (Phi) is 5.38. The second kappa shape index (κ2) is 8.44. The van der Waals surface area contributed by atoms with E-state index in [4.69, 9.17) is 4.98 Å². The molecule has 0 unspecified atom stereocenters. The number of nitrogens with one attached hydrogen (secondary N) is 1. The van der Waals surface area contributed by atoms with Crippen LogP contribution in [0.4, 0.5) is 10.2 Å². The van der Waals surface area contributed by atoms with Crippen LogP contribution in [0.25, 0.3) is 22.6 Å². The number of anilines is 1. The lowest BCUT2D eigenvalue weighted by Crippen LogP contribution is -2.03. The average Bonchev–Trinajstić information content (AvgIpc) is 2.79. The van der Waals surface area contributed by atoms with Crippen LogP contribution >= 0.6 is 0 Å². The Hall–Kier alpha value is -3.86. The first-order valence-corrected chi connectivity index (χ1v) is 9.25. The van der Waals surface area contributed by atoms with Crippen LogP contribution in [-0.4, -0.2) is 15.7 Å². The number of hydrogen-bond donors (Lipinski definition) is 1. The van der Waals surface area contributed by atoms with E-state index in [1.54, 1.807) is 12.1 Å². The van der Waals surface area contributed by atoms with Gasteiger partial charge in [0.1, 0.15) is 5.82 Å². The van der Waals surface area contributed by atoms with E-state index in [0.29, 0.717) is 11.6 Å². The first-order chi connectivity index (χ1) is 14.2. The quantitative estimate of drug-likeness (QED) is 0.351. The van der Waals surface area contributed by atoms with E-state index in [1.165, 1.54) is 12.1 Å². The summed E-state index contributed by atoms with van der Waals surface area (Å²) in [6.45, 7) is 1.86. The van der Waals surface area contributed by atoms with Crippen LogP contribution in [0.5, 0.6) is 0 Å². The highest BCUT2D eigenvalue weighted by Crippen LogP contribution is 2.24. The lowest BCUT2D eigenvalue weighted by atomic mass is 10.1. The Morgan fingerprint density at radius 2 is 1.41 bits per heavy atom. The largest absolute Gasteiger partial charge is 0.261 e. The molecule has 0 saturated heterocycles. The van der Waals surface area contributed by atoms with Crippen LogP contribution < -0.4 is 5.43 Å². The van der Waals surface area contributed by atoms with Gasteiger partial charge in [0.2, 0.25) is 0 Å². The molecule has 0 aliphatic heterocycles. The average molecular weight is 382 g/mol. The van der Waals surface area contributed by atoms with Gasteiger partial charge in [0.25, 0.3) is 0 Å². The summed E-state index contributed by atoms with van der Waals surface area (Å²) >= 11 is 0. The number of hydrogen-bond acceptors (Lipinski definition) is 4. The highest BCUT2D eigenvalue weighted by Gasteiger charge is 2.08. The zero-order valence-corrected chi connectivity index (χ0v) is 15.9. The van der Waals surface area contributed by atoms with Gasteiger partial charge in [-0.2, -0.15) is 5.10 Å². The highest BCUT2D eigenvalue weighted by atomic mass is 19.1. The van der Waals surface area contributed by atoms with Crippen molar-refractivity contribution in [1.82, 2.24) is 9.97 Å². The summed E-state index contributed by atoms with van der Waals surface area (Å²) in [5.74, 6) is 0.925. The molecule has 0 radical (unpaired) electrons. The Balaban J connectivity index is 1.70. The van der Waals surface area contributed by atoms with E-state index >= 15 is 0 Å². The number of rotatable bonds is 5. The van der Waals surface area contributed by atoms with E-state index in [9.17, 15) is 4.39 Å². The van der Waals surface area contributed by atoms with Crippen molar-refractivity contribution in [2.24, 2.45) is 5.10 Å². The molecule has 1 N–H and O–H groups in total. The summed E-state index contributed by atoms with van der Waals surface area (Å²) < 4.78 is 13.1.